The first kappa shape index (κ1) is 14.1. The van der Waals surface area contributed by atoms with Crippen LogP contribution in [0.3, 0.4) is 0 Å². The van der Waals surface area contributed by atoms with Gasteiger partial charge in [-0.2, -0.15) is 0 Å². The third-order valence-electron chi connectivity index (χ3n) is 3.56. The highest BCUT2D eigenvalue weighted by Gasteiger charge is 2.12. The van der Waals surface area contributed by atoms with Gasteiger partial charge < -0.3 is 15.2 Å². The number of nitrogen functional groups attached to an aromatic ring is 1. The molecule has 1 aromatic carbocycles. The van der Waals surface area contributed by atoms with Gasteiger partial charge >= 0.3 is 0 Å². The Kier molecular flexibility index (Phi) is 3.92. The van der Waals surface area contributed by atoms with Gasteiger partial charge in [-0.05, 0) is 43.2 Å². The molecule has 1 aliphatic heterocycles. The van der Waals surface area contributed by atoms with Crippen molar-refractivity contribution in [2.24, 2.45) is 0 Å². The Labute approximate surface area is 128 Å². The van der Waals surface area contributed by atoms with E-state index in [2.05, 4.69) is 4.98 Å². The molecule has 0 radical (unpaired) electrons. The lowest BCUT2D eigenvalue weighted by molar-refractivity contribution is 0.171. The van der Waals surface area contributed by atoms with Gasteiger partial charge in [-0.1, -0.05) is 0 Å². The van der Waals surface area contributed by atoms with E-state index in [0.29, 0.717) is 13.2 Å². The highest BCUT2D eigenvalue weighted by molar-refractivity contribution is 7.98. The number of thioether (sulfide) groups is 1. The fraction of sp³-hybridized carbons (Fsp3) is 0.312. The number of benzene rings is 1. The van der Waals surface area contributed by atoms with Crippen LogP contribution in [-0.4, -0.2) is 18.2 Å². The van der Waals surface area contributed by atoms with Crippen molar-refractivity contribution in [2.45, 2.75) is 24.5 Å². The number of nitrogens with zero attached hydrogens (tertiary/aromatic N) is 1. The van der Waals surface area contributed by atoms with Crippen LogP contribution in [0, 0.1) is 13.8 Å². The summed E-state index contributed by atoms with van der Waals surface area (Å²) < 4.78 is 11.1. The normalized spacial score (nSPS) is 13.2. The Hall–Kier alpha value is -1.88. The van der Waals surface area contributed by atoms with Crippen LogP contribution in [-0.2, 0) is 5.75 Å². The first-order chi connectivity index (χ1) is 10.1. The minimum absolute atomic E-state index is 0.607. The number of rotatable bonds is 3. The van der Waals surface area contributed by atoms with Crippen molar-refractivity contribution in [3.05, 3.63) is 41.2 Å². The molecule has 21 heavy (non-hydrogen) atoms. The van der Waals surface area contributed by atoms with Crippen LogP contribution >= 0.6 is 11.8 Å². The van der Waals surface area contributed by atoms with Crippen molar-refractivity contribution < 1.29 is 9.47 Å². The maximum Gasteiger partial charge on any atom is 0.162 e. The maximum absolute atomic E-state index is 6.06. The maximum atomic E-state index is 6.06. The van der Waals surface area contributed by atoms with Gasteiger partial charge in [-0.3, -0.25) is 4.98 Å². The molecule has 2 N–H and O–H groups in total. The first-order valence-electron chi connectivity index (χ1n) is 6.88. The molecule has 0 unspecified atom stereocenters. The monoisotopic (exact) mass is 302 g/mol. The number of ether oxygens (including phenoxy) is 2. The third kappa shape index (κ3) is 2.93. The Balaban J connectivity index is 1.75. The smallest absolute Gasteiger partial charge is 0.162 e. The van der Waals surface area contributed by atoms with Crippen LogP contribution in [0.2, 0.25) is 0 Å². The molecular formula is C16H18N2O2S. The predicted molar refractivity (Wildman–Crippen MR) is 85.1 cm³/mol. The first-order valence-corrected chi connectivity index (χ1v) is 7.86. The van der Waals surface area contributed by atoms with Crippen molar-refractivity contribution in [2.75, 3.05) is 18.9 Å². The van der Waals surface area contributed by atoms with Crippen molar-refractivity contribution in [1.82, 2.24) is 4.98 Å². The average Bonchev–Trinajstić information content (AvgIpc) is 2.52. The molecule has 0 aliphatic carbocycles. The second-order valence-electron chi connectivity index (χ2n) is 5.02. The van der Waals surface area contributed by atoms with Crippen molar-refractivity contribution in [1.29, 1.82) is 0 Å². The number of aromatic nitrogens is 1. The second-order valence-corrected chi connectivity index (χ2v) is 6.07. The molecule has 1 aliphatic rings. The van der Waals surface area contributed by atoms with Crippen LogP contribution in [0.1, 0.15) is 16.8 Å². The molecule has 0 bridgehead atoms. The van der Waals surface area contributed by atoms with E-state index >= 15 is 0 Å². The van der Waals surface area contributed by atoms with Gasteiger partial charge in [0.15, 0.2) is 11.5 Å². The largest absolute Gasteiger partial charge is 0.486 e. The molecule has 0 spiro atoms. The Morgan fingerprint density at radius 2 is 1.95 bits per heavy atom. The standard InChI is InChI=1S/C16H18N2O2S/c1-10-8-18-13(11(2)16(10)17)9-21-12-3-4-14-15(7-12)20-6-5-19-14/h3-4,7-8H,5-6,9H2,1-2H3,(H2,17,18). The van der Waals surface area contributed by atoms with Gasteiger partial charge in [0.25, 0.3) is 0 Å². The lowest BCUT2D eigenvalue weighted by atomic mass is 10.1. The van der Waals surface area contributed by atoms with E-state index < -0.39 is 0 Å². The minimum atomic E-state index is 0.607. The van der Waals surface area contributed by atoms with E-state index in [1.54, 1.807) is 11.8 Å². The van der Waals surface area contributed by atoms with Gasteiger partial charge in [0.2, 0.25) is 0 Å². The molecule has 3 rings (SSSR count). The van der Waals surface area contributed by atoms with Gasteiger partial charge in [0, 0.05) is 22.5 Å². The van der Waals surface area contributed by atoms with E-state index in [1.807, 2.05) is 38.2 Å². The molecule has 5 heteroatoms. The zero-order valence-corrected chi connectivity index (χ0v) is 13.0. The quantitative estimate of drug-likeness (QED) is 0.881. The molecule has 2 heterocycles. The number of hydrogen-bond acceptors (Lipinski definition) is 5. The summed E-state index contributed by atoms with van der Waals surface area (Å²) in [5.74, 6) is 2.43. The van der Waals surface area contributed by atoms with Crippen molar-refractivity contribution in [3.63, 3.8) is 0 Å². The van der Waals surface area contributed by atoms with E-state index in [-0.39, 0.29) is 0 Å². The molecule has 0 saturated heterocycles. The summed E-state index contributed by atoms with van der Waals surface area (Å²) in [7, 11) is 0. The van der Waals surface area contributed by atoms with Gasteiger partial charge in [-0.15, -0.1) is 11.8 Å². The van der Waals surface area contributed by atoms with Crippen LogP contribution in [0.5, 0.6) is 11.5 Å². The lowest BCUT2D eigenvalue weighted by Crippen LogP contribution is -2.15. The number of fused-ring (bicyclic) bond motifs is 1. The zero-order valence-electron chi connectivity index (χ0n) is 12.2. The molecule has 0 atom stereocenters. The summed E-state index contributed by atoms with van der Waals surface area (Å²) in [6.07, 6.45) is 1.84. The van der Waals surface area contributed by atoms with Crippen LogP contribution in [0.4, 0.5) is 5.69 Å². The molecule has 0 amide bonds. The number of nitrogens with two attached hydrogens (primary N) is 1. The summed E-state index contributed by atoms with van der Waals surface area (Å²) in [6, 6.07) is 6.03. The van der Waals surface area contributed by atoms with Gasteiger partial charge in [0.05, 0.1) is 5.69 Å². The third-order valence-corrected chi connectivity index (χ3v) is 4.57. The van der Waals surface area contributed by atoms with Gasteiger partial charge in [0.1, 0.15) is 13.2 Å². The van der Waals surface area contributed by atoms with E-state index in [1.165, 1.54) is 0 Å². The molecular weight excluding hydrogens is 284 g/mol. The minimum Gasteiger partial charge on any atom is -0.486 e. The fourth-order valence-electron chi connectivity index (χ4n) is 2.20. The summed E-state index contributed by atoms with van der Waals surface area (Å²) in [5, 5.41) is 0. The second kappa shape index (κ2) is 5.85. The average molecular weight is 302 g/mol. The molecule has 1 aromatic heterocycles. The highest BCUT2D eigenvalue weighted by atomic mass is 32.2. The number of aryl methyl sites for hydroxylation is 1. The number of hydrogen-bond donors (Lipinski definition) is 1. The lowest BCUT2D eigenvalue weighted by Gasteiger charge is -2.18. The Morgan fingerprint density at radius 1 is 1.19 bits per heavy atom. The summed E-state index contributed by atoms with van der Waals surface area (Å²) >= 11 is 1.72. The summed E-state index contributed by atoms with van der Waals surface area (Å²) in [5.41, 5.74) is 10.0. The van der Waals surface area contributed by atoms with Crippen LogP contribution in [0.15, 0.2) is 29.3 Å². The van der Waals surface area contributed by atoms with E-state index in [9.17, 15) is 0 Å². The molecule has 4 nitrogen and oxygen atoms in total. The molecule has 110 valence electrons. The topological polar surface area (TPSA) is 57.4 Å². The number of anilines is 1. The summed E-state index contributed by atoms with van der Waals surface area (Å²) in [4.78, 5) is 5.62. The van der Waals surface area contributed by atoms with Crippen molar-refractivity contribution >= 4 is 17.4 Å². The van der Waals surface area contributed by atoms with Crippen molar-refractivity contribution in [3.8, 4) is 11.5 Å². The molecule has 0 saturated carbocycles. The van der Waals surface area contributed by atoms with E-state index in [4.69, 9.17) is 15.2 Å². The Morgan fingerprint density at radius 3 is 2.76 bits per heavy atom. The number of pyridine rings is 1. The Bertz CT molecular complexity index is 674. The zero-order chi connectivity index (χ0) is 14.8. The SMILES string of the molecule is Cc1cnc(CSc2ccc3c(c2)OCCO3)c(C)c1N. The predicted octanol–water partition coefficient (Wildman–Crippen LogP) is 3.34. The fourth-order valence-corrected chi connectivity index (χ4v) is 3.15. The highest BCUT2D eigenvalue weighted by Crippen LogP contribution is 2.35. The van der Waals surface area contributed by atoms with Gasteiger partial charge in [-0.25, -0.2) is 0 Å². The van der Waals surface area contributed by atoms with Crippen LogP contribution < -0.4 is 15.2 Å². The molecule has 2 aromatic rings. The van der Waals surface area contributed by atoms with E-state index in [0.717, 1.165) is 44.7 Å². The molecule has 0 fully saturated rings. The summed E-state index contributed by atoms with van der Waals surface area (Å²) in [6.45, 7) is 5.23. The van der Waals surface area contributed by atoms with Crippen LogP contribution in [0.25, 0.3) is 0 Å².